The maximum Gasteiger partial charge on any atom is 0.344 e. The number of aromatic nitrogens is 2. The van der Waals surface area contributed by atoms with Crippen molar-refractivity contribution in [3.8, 4) is 0 Å². The summed E-state index contributed by atoms with van der Waals surface area (Å²) in [5, 5.41) is 7.47. The first-order valence-corrected chi connectivity index (χ1v) is 8.10. The van der Waals surface area contributed by atoms with E-state index in [4.69, 9.17) is 4.74 Å². The fourth-order valence-corrected chi connectivity index (χ4v) is 3.14. The van der Waals surface area contributed by atoms with Crippen molar-refractivity contribution in [3.05, 3.63) is 32.6 Å². The Balaban J connectivity index is 2.11. The number of rotatable bonds is 4. The fraction of sp³-hybridized carbons (Fsp3) is 0.429. The lowest BCUT2D eigenvalue weighted by Crippen LogP contribution is -2.24. The van der Waals surface area contributed by atoms with Gasteiger partial charge in [0.05, 0.1) is 10.3 Å². The smallest absolute Gasteiger partial charge is 0.344 e. The average molecular weight is 372 g/mol. The fourth-order valence-electron chi connectivity index (χ4n) is 1.72. The van der Waals surface area contributed by atoms with E-state index in [9.17, 15) is 4.79 Å². The number of hydrogen-bond donors (Lipinski definition) is 1. The molecule has 2 rings (SSSR count). The van der Waals surface area contributed by atoms with Crippen LogP contribution < -0.4 is 5.32 Å². The average Bonchev–Trinajstić information content (AvgIpc) is 2.90. The van der Waals surface area contributed by atoms with Gasteiger partial charge in [-0.15, -0.1) is 11.3 Å². The zero-order chi connectivity index (χ0) is 15.6. The normalized spacial score (nSPS) is 11.5. The number of anilines is 1. The topological polar surface area (TPSA) is 56.1 Å². The first kappa shape index (κ1) is 16.0. The van der Waals surface area contributed by atoms with E-state index in [-0.39, 0.29) is 5.97 Å². The van der Waals surface area contributed by atoms with Gasteiger partial charge in [-0.1, -0.05) is 0 Å². The first-order chi connectivity index (χ1) is 9.74. The van der Waals surface area contributed by atoms with Gasteiger partial charge >= 0.3 is 5.97 Å². The molecule has 0 atom stereocenters. The molecule has 0 bridgehead atoms. The Hall–Kier alpha value is -1.34. The van der Waals surface area contributed by atoms with Crippen LogP contribution in [-0.2, 0) is 18.3 Å². The van der Waals surface area contributed by atoms with Crippen LogP contribution in [0.15, 0.2) is 22.1 Å². The van der Waals surface area contributed by atoms with Crippen LogP contribution in [-0.4, -0.2) is 21.4 Å². The maximum atomic E-state index is 12.2. The second kappa shape index (κ2) is 6.19. The van der Waals surface area contributed by atoms with Gasteiger partial charge in [0, 0.05) is 18.1 Å². The molecule has 0 spiro atoms. The molecular formula is C14H18BrN3O2S. The summed E-state index contributed by atoms with van der Waals surface area (Å²) in [6.45, 7) is 6.15. The lowest BCUT2D eigenvalue weighted by atomic mass is 10.2. The van der Waals surface area contributed by atoms with Crippen LogP contribution in [0.1, 0.15) is 36.0 Å². The van der Waals surface area contributed by atoms with Crippen molar-refractivity contribution >= 4 is 39.1 Å². The molecule has 2 aromatic heterocycles. The molecule has 0 saturated heterocycles. The lowest BCUT2D eigenvalue weighted by molar-refractivity contribution is 0.00705. The van der Waals surface area contributed by atoms with Gasteiger partial charge in [0.2, 0.25) is 0 Å². The van der Waals surface area contributed by atoms with Gasteiger partial charge in [0.25, 0.3) is 0 Å². The number of nitrogens with zero attached hydrogens (tertiary/aromatic N) is 2. The van der Waals surface area contributed by atoms with Gasteiger partial charge in [0.15, 0.2) is 5.82 Å². The van der Waals surface area contributed by atoms with Crippen molar-refractivity contribution in [3.63, 3.8) is 0 Å². The number of carbonyl (C=O) groups is 1. The number of hydrogen-bond acceptors (Lipinski definition) is 5. The second-order valence-corrected chi connectivity index (χ2v) is 8.17. The van der Waals surface area contributed by atoms with Crippen LogP contribution in [0, 0.1) is 0 Å². The molecule has 0 aromatic carbocycles. The summed E-state index contributed by atoms with van der Waals surface area (Å²) in [4.78, 5) is 13.3. The molecule has 0 unspecified atom stereocenters. The third-order valence-corrected chi connectivity index (χ3v) is 4.13. The van der Waals surface area contributed by atoms with E-state index in [1.54, 1.807) is 29.3 Å². The predicted octanol–water partition coefficient (Wildman–Crippen LogP) is 3.81. The summed E-state index contributed by atoms with van der Waals surface area (Å²) in [7, 11) is 1.78. The van der Waals surface area contributed by atoms with Crippen molar-refractivity contribution < 1.29 is 9.53 Å². The van der Waals surface area contributed by atoms with Gasteiger partial charge in [0.1, 0.15) is 11.2 Å². The Bertz CT molecular complexity index is 643. The van der Waals surface area contributed by atoms with Crippen LogP contribution in [0.3, 0.4) is 0 Å². The third kappa shape index (κ3) is 4.57. The Morgan fingerprint density at radius 2 is 2.19 bits per heavy atom. The van der Waals surface area contributed by atoms with Gasteiger partial charge in [-0.25, -0.2) is 4.79 Å². The molecule has 0 aliphatic rings. The van der Waals surface area contributed by atoms with E-state index in [1.165, 1.54) is 0 Å². The molecule has 114 valence electrons. The molecule has 0 aliphatic heterocycles. The predicted molar refractivity (Wildman–Crippen MR) is 87.7 cm³/mol. The van der Waals surface area contributed by atoms with Crippen molar-refractivity contribution in [2.75, 3.05) is 5.32 Å². The van der Waals surface area contributed by atoms with E-state index in [1.807, 2.05) is 32.9 Å². The molecule has 0 amide bonds. The van der Waals surface area contributed by atoms with Gasteiger partial charge in [-0.05, 0) is 48.8 Å². The Morgan fingerprint density at radius 1 is 1.48 bits per heavy atom. The van der Waals surface area contributed by atoms with E-state index in [0.717, 1.165) is 8.66 Å². The van der Waals surface area contributed by atoms with Crippen LogP contribution >= 0.6 is 27.3 Å². The van der Waals surface area contributed by atoms with E-state index in [2.05, 4.69) is 26.3 Å². The molecule has 0 fully saturated rings. The second-order valence-electron chi connectivity index (χ2n) is 5.63. The number of thiophene rings is 1. The molecule has 0 saturated carbocycles. The van der Waals surface area contributed by atoms with E-state index < -0.39 is 5.60 Å². The number of halogens is 1. The van der Waals surface area contributed by atoms with Crippen molar-refractivity contribution in [1.82, 2.24) is 9.78 Å². The molecule has 2 aromatic rings. The minimum absolute atomic E-state index is 0.370. The quantitative estimate of drug-likeness (QED) is 0.830. The highest BCUT2D eigenvalue weighted by molar-refractivity contribution is 9.11. The van der Waals surface area contributed by atoms with Crippen molar-refractivity contribution in [2.45, 2.75) is 32.9 Å². The Kier molecular flexibility index (Phi) is 4.73. The summed E-state index contributed by atoms with van der Waals surface area (Å²) in [6, 6.07) is 4.02. The van der Waals surface area contributed by atoms with E-state index >= 15 is 0 Å². The van der Waals surface area contributed by atoms with Gasteiger partial charge in [-0.3, -0.25) is 4.68 Å². The molecule has 1 N–H and O–H groups in total. The molecule has 5 nitrogen and oxygen atoms in total. The number of ether oxygens (including phenoxy) is 1. The molecule has 7 heteroatoms. The molecule has 0 radical (unpaired) electrons. The van der Waals surface area contributed by atoms with Crippen LogP contribution in [0.25, 0.3) is 0 Å². The van der Waals surface area contributed by atoms with Crippen LogP contribution in [0.4, 0.5) is 5.82 Å². The largest absolute Gasteiger partial charge is 0.456 e. The number of esters is 1. The zero-order valence-corrected chi connectivity index (χ0v) is 14.8. The molecule has 0 aliphatic carbocycles. The first-order valence-electron chi connectivity index (χ1n) is 6.50. The molecule has 21 heavy (non-hydrogen) atoms. The lowest BCUT2D eigenvalue weighted by Gasteiger charge is -2.19. The van der Waals surface area contributed by atoms with Gasteiger partial charge in [-0.2, -0.15) is 5.10 Å². The SMILES string of the molecule is Cn1cc(C(=O)OC(C)(C)C)c(NCc2ccc(Br)s2)n1. The number of carbonyl (C=O) groups excluding carboxylic acids is 1. The summed E-state index contributed by atoms with van der Waals surface area (Å²) in [5.74, 6) is 0.168. The van der Waals surface area contributed by atoms with Crippen molar-refractivity contribution in [2.24, 2.45) is 7.05 Å². The summed E-state index contributed by atoms with van der Waals surface area (Å²) >= 11 is 5.07. The standard InChI is InChI=1S/C14H18BrN3O2S/c1-14(2,3)20-13(19)10-8-18(4)17-12(10)16-7-9-5-6-11(15)21-9/h5-6,8H,7H2,1-4H3,(H,16,17). The minimum Gasteiger partial charge on any atom is -0.456 e. The summed E-state index contributed by atoms with van der Waals surface area (Å²) < 4.78 is 8.08. The highest BCUT2D eigenvalue weighted by Crippen LogP contribution is 2.24. The number of nitrogens with one attached hydrogen (secondary N) is 1. The van der Waals surface area contributed by atoms with E-state index in [0.29, 0.717) is 17.9 Å². The Morgan fingerprint density at radius 3 is 2.76 bits per heavy atom. The summed E-state index contributed by atoms with van der Waals surface area (Å²) in [6.07, 6.45) is 1.67. The highest BCUT2D eigenvalue weighted by atomic mass is 79.9. The summed E-state index contributed by atoms with van der Waals surface area (Å²) in [5.41, 5.74) is -0.0777. The third-order valence-electron chi connectivity index (χ3n) is 2.51. The maximum absolute atomic E-state index is 12.2. The van der Waals surface area contributed by atoms with Crippen molar-refractivity contribution in [1.29, 1.82) is 0 Å². The van der Waals surface area contributed by atoms with Crippen LogP contribution in [0.5, 0.6) is 0 Å². The monoisotopic (exact) mass is 371 g/mol. The van der Waals surface area contributed by atoms with Crippen LogP contribution in [0.2, 0.25) is 0 Å². The molecule has 2 heterocycles. The van der Waals surface area contributed by atoms with Gasteiger partial charge < -0.3 is 10.1 Å². The zero-order valence-electron chi connectivity index (χ0n) is 12.4. The minimum atomic E-state index is -0.525. The molecular weight excluding hydrogens is 354 g/mol. The number of aryl methyl sites for hydroxylation is 1. The highest BCUT2D eigenvalue weighted by Gasteiger charge is 2.22. The Labute approximate surface area is 136 Å².